The highest BCUT2D eigenvalue weighted by atomic mass is 15.1. The molecule has 0 fully saturated rings. The van der Waals surface area contributed by atoms with Crippen molar-refractivity contribution in [3.8, 4) is 0 Å². The van der Waals surface area contributed by atoms with Gasteiger partial charge in [0.15, 0.2) is 0 Å². The molecule has 1 aromatic heterocycles. The molecule has 0 aliphatic rings. The zero-order chi connectivity index (χ0) is 12.9. The molecule has 17 heavy (non-hydrogen) atoms. The van der Waals surface area contributed by atoms with E-state index in [1.807, 2.05) is 6.20 Å². The Morgan fingerprint density at radius 1 is 1.35 bits per heavy atom. The topological polar surface area (TPSA) is 29.9 Å². The Morgan fingerprint density at radius 3 is 2.59 bits per heavy atom. The van der Waals surface area contributed by atoms with Crippen LogP contribution in [-0.4, -0.2) is 16.1 Å². The van der Waals surface area contributed by atoms with Gasteiger partial charge in [-0.15, -0.1) is 0 Å². The van der Waals surface area contributed by atoms with Crippen LogP contribution in [0, 0.1) is 5.41 Å². The maximum atomic E-state index is 4.54. The average Bonchev–Trinajstić information content (AvgIpc) is 2.64. The first-order valence-electron chi connectivity index (χ1n) is 6.72. The smallest absolute Gasteiger partial charge is 0.125 e. The van der Waals surface area contributed by atoms with Crippen LogP contribution in [0.15, 0.2) is 12.4 Å². The van der Waals surface area contributed by atoms with Crippen molar-refractivity contribution in [2.75, 3.05) is 6.54 Å². The van der Waals surface area contributed by atoms with E-state index in [4.69, 9.17) is 0 Å². The maximum absolute atomic E-state index is 4.54. The zero-order valence-electron chi connectivity index (χ0n) is 12.0. The van der Waals surface area contributed by atoms with Crippen LogP contribution in [0.2, 0.25) is 0 Å². The lowest BCUT2D eigenvalue weighted by Gasteiger charge is -2.26. The third-order valence-corrected chi connectivity index (χ3v) is 2.79. The fourth-order valence-electron chi connectivity index (χ4n) is 2.17. The van der Waals surface area contributed by atoms with Crippen molar-refractivity contribution in [1.29, 1.82) is 0 Å². The van der Waals surface area contributed by atoms with E-state index in [1.165, 1.54) is 5.82 Å². The first kappa shape index (κ1) is 14.2. The molecule has 0 saturated heterocycles. The first-order chi connectivity index (χ1) is 7.98. The average molecular weight is 237 g/mol. The summed E-state index contributed by atoms with van der Waals surface area (Å²) in [5.41, 5.74) is 0.315. The van der Waals surface area contributed by atoms with Gasteiger partial charge >= 0.3 is 0 Å². The van der Waals surface area contributed by atoms with Crippen molar-refractivity contribution >= 4 is 0 Å². The van der Waals surface area contributed by atoms with Crippen LogP contribution in [-0.2, 0) is 6.54 Å². The van der Waals surface area contributed by atoms with E-state index in [-0.39, 0.29) is 0 Å². The lowest BCUT2D eigenvalue weighted by molar-refractivity contribution is 0.301. The molecule has 1 unspecified atom stereocenters. The van der Waals surface area contributed by atoms with Crippen LogP contribution in [0.5, 0.6) is 0 Å². The standard InChI is InChI=1S/C14H27N3/c1-6-9-17-10-8-16-13(17)12(15-7-2)11-14(3,4)5/h8,10,12,15H,6-7,9,11H2,1-5H3. The van der Waals surface area contributed by atoms with Crippen molar-refractivity contribution in [1.82, 2.24) is 14.9 Å². The summed E-state index contributed by atoms with van der Waals surface area (Å²) in [6.07, 6.45) is 6.27. The van der Waals surface area contributed by atoms with Gasteiger partial charge in [0.25, 0.3) is 0 Å². The molecule has 0 saturated carbocycles. The molecule has 0 amide bonds. The second-order valence-corrected chi connectivity index (χ2v) is 5.85. The van der Waals surface area contributed by atoms with Crippen LogP contribution < -0.4 is 5.32 Å². The number of nitrogens with zero attached hydrogens (tertiary/aromatic N) is 2. The highest BCUT2D eigenvalue weighted by Crippen LogP contribution is 2.28. The molecular weight excluding hydrogens is 210 g/mol. The molecule has 1 atom stereocenters. The summed E-state index contributed by atoms with van der Waals surface area (Å²) in [6.45, 7) is 13.2. The predicted octanol–water partition coefficient (Wildman–Crippen LogP) is 3.38. The lowest BCUT2D eigenvalue weighted by atomic mass is 9.87. The molecule has 1 N–H and O–H groups in total. The lowest BCUT2D eigenvalue weighted by Crippen LogP contribution is -2.28. The summed E-state index contributed by atoms with van der Waals surface area (Å²) in [7, 11) is 0. The van der Waals surface area contributed by atoms with Crippen LogP contribution in [0.3, 0.4) is 0 Å². The summed E-state index contributed by atoms with van der Waals surface area (Å²) < 4.78 is 2.28. The van der Waals surface area contributed by atoms with Gasteiger partial charge in [-0.25, -0.2) is 4.98 Å². The minimum absolute atomic E-state index is 0.315. The summed E-state index contributed by atoms with van der Waals surface area (Å²) >= 11 is 0. The summed E-state index contributed by atoms with van der Waals surface area (Å²) in [4.78, 5) is 4.54. The fraction of sp³-hybridized carbons (Fsp3) is 0.786. The van der Waals surface area contributed by atoms with Crippen molar-refractivity contribution < 1.29 is 0 Å². The molecule has 1 rings (SSSR count). The molecule has 3 nitrogen and oxygen atoms in total. The Morgan fingerprint density at radius 2 is 2.06 bits per heavy atom. The Labute approximate surface area is 106 Å². The van der Waals surface area contributed by atoms with Gasteiger partial charge in [-0.1, -0.05) is 34.6 Å². The first-order valence-corrected chi connectivity index (χ1v) is 6.72. The minimum Gasteiger partial charge on any atom is -0.334 e. The SMILES string of the molecule is CCCn1ccnc1C(CC(C)(C)C)NCC. The van der Waals surface area contributed by atoms with E-state index in [9.17, 15) is 0 Å². The van der Waals surface area contributed by atoms with E-state index in [2.05, 4.69) is 55.7 Å². The Balaban J connectivity index is 2.84. The summed E-state index contributed by atoms with van der Waals surface area (Å²) in [5.74, 6) is 1.18. The Bertz CT molecular complexity index is 322. The molecule has 0 aliphatic carbocycles. The van der Waals surface area contributed by atoms with Gasteiger partial charge in [0.05, 0.1) is 6.04 Å². The third kappa shape index (κ3) is 4.50. The molecule has 1 aromatic rings. The number of rotatable bonds is 6. The van der Waals surface area contributed by atoms with Gasteiger partial charge in [0, 0.05) is 18.9 Å². The van der Waals surface area contributed by atoms with Crippen LogP contribution >= 0.6 is 0 Å². The molecule has 0 spiro atoms. The van der Waals surface area contributed by atoms with Crippen LogP contribution in [0.25, 0.3) is 0 Å². The summed E-state index contributed by atoms with van der Waals surface area (Å²) in [6, 6.07) is 0.363. The second-order valence-electron chi connectivity index (χ2n) is 5.85. The predicted molar refractivity (Wildman–Crippen MR) is 73.0 cm³/mol. The zero-order valence-corrected chi connectivity index (χ0v) is 12.0. The molecule has 0 aliphatic heterocycles. The van der Waals surface area contributed by atoms with Crippen LogP contribution in [0.1, 0.15) is 59.3 Å². The van der Waals surface area contributed by atoms with Gasteiger partial charge < -0.3 is 9.88 Å². The van der Waals surface area contributed by atoms with Gasteiger partial charge in [0.1, 0.15) is 5.82 Å². The second kappa shape index (κ2) is 6.20. The third-order valence-electron chi connectivity index (χ3n) is 2.79. The molecule has 3 heteroatoms. The van der Waals surface area contributed by atoms with Crippen molar-refractivity contribution in [2.45, 2.75) is 60.0 Å². The van der Waals surface area contributed by atoms with E-state index in [0.717, 1.165) is 25.9 Å². The Kier molecular flexibility index (Phi) is 5.19. The van der Waals surface area contributed by atoms with Crippen LogP contribution in [0.4, 0.5) is 0 Å². The van der Waals surface area contributed by atoms with E-state index in [0.29, 0.717) is 11.5 Å². The van der Waals surface area contributed by atoms with Gasteiger partial charge in [-0.3, -0.25) is 0 Å². The number of hydrogen-bond donors (Lipinski definition) is 1. The number of aryl methyl sites for hydroxylation is 1. The number of hydrogen-bond acceptors (Lipinski definition) is 2. The number of imidazole rings is 1. The molecule has 0 radical (unpaired) electrons. The van der Waals surface area contributed by atoms with Gasteiger partial charge in [0.2, 0.25) is 0 Å². The van der Waals surface area contributed by atoms with E-state index in [1.54, 1.807) is 0 Å². The van der Waals surface area contributed by atoms with Crippen molar-refractivity contribution in [2.24, 2.45) is 5.41 Å². The highest BCUT2D eigenvalue weighted by molar-refractivity contribution is 5.00. The normalized spacial score (nSPS) is 13.9. The van der Waals surface area contributed by atoms with Gasteiger partial charge in [-0.05, 0) is 24.8 Å². The highest BCUT2D eigenvalue weighted by Gasteiger charge is 2.22. The van der Waals surface area contributed by atoms with E-state index >= 15 is 0 Å². The molecule has 0 aromatic carbocycles. The summed E-state index contributed by atoms with van der Waals surface area (Å²) in [5, 5.41) is 3.56. The molecule has 1 heterocycles. The fourth-order valence-corrected chi connectivity index (χ4v) is 2.17. The molecule has 0 bridgehead atoms. The largest absolute Gasteiger partial charge is 0.334 e. The van der Waals surface area contributed by atoms with Crippen molar-refractivity contribution in [3.63, 3.8) is 0 Å². The maximum Gasteiger partial charge on any atom is 0.125 e. The number of nitrogens with one attached hydrogen (secondary N) is 1. The Hall–Kier alpha value is -0.830. The van der Waals surface area contributed by atoms with E-state index < -0.39 is 0 Å². The monoisotopic (exact) mass is 237 g/mol. The molecular formula is C14H27N3. The molecule has 98 valence electrons. The minimum atomic E-state index is 0.315. The number of aromatic nitrogens is 2. The van der Waals surface area contributed by atoms with Gasteiger partial charge in [-0.2, -0.15) is 0 Å². The quantitative estimate of drug-likeness (QED) is 0.822. The van der Waals surface area contributed by atoms with Crippen molar-refractivity contribution in [3.05, 3.63) is 18.2 Å².